The molecular formula is C25H30BrN3O4. The van der Waals surface area contributed by atoms with Crippen molar-refractivity contribution in [2.75, 3.05) is 19.6 Å². The minimum atomic E-state index is -1.05. The monoisotopic (exact) mass is 515 g/mol. The van der Waals surface area contributed by atoms with Crippen molar-refractivity contribution in [3.8, 4) is 0 Å². The van der Waals surface area contributed by atoms with Crippen LogP contribution in [0.2, 0.25) is 0 Å². The van der Waals surface area contributed by atoms with Crippen molar-refractivity contribution in [3.05, 3.63) is 82.1 Å². The number of rotatable bonds is 8. The molecule has 0 bridgehead atoms. The van der Waals surface area contributed by atoms with Gasteiger partial charge in [-0.1, -0.05) is 46.3 Å². The van der Waals surface area contributed by atoms with Crippen molar-refractivity contribution in [3.63, 3.8) is 0 Å². The predicted molar refractivity (Wildman–Crippen MR) is 130 cm³/mol. The highest BCUT2D eigenvalue weighted by atomic mass is 79.9. The summed E-state index contributed by atoms with van der Waals surface area (Å²) in [6, 6.07) is 6.87. The maximum Gasteiger partial charge on any atom is 0.315 e. The Hall–Kier alpha value is -2.55. The number of nitrogens with one attached hydrogen (secondary N) is 2. The van der Waals surface area contributed by atoms with Crippen LogP contribution in [0, 0.1) is 0 Å². The lowest BCUT2D eigenvalue weighted by atomic mass is 10.0. The zero-order valence-electron chi connectivity index (χ0n) is 18.5. The molecule has 0 unspecified atom stereocenters. The van der Waals surface area contributed by atoms with Crippen molar-refractivity contribution in [1.29, 1.82) is 0 Å². The fraction of sp³-hybridized carbons (Fsp3) is 0.400. The first-order valence-corrected chi connectivity index (χ1v) is 12.2. The number of carbonyl (C=O) groups excluding carboxylic acids is 1. The van der Waals surface area contributed by atoms with E-state index in [0.717, 1.165) is 54.4 Å². The number of hydrogen-bond acceptors (Lipinski definition) is 5. The average Bonchev–Trinajstić information content (AvgIpc) is 3.37. The Bertz CT molecular complexity index is 949. The molecule has 2 aliphatic heterocycles. The molecule has 8 heteroatoms. The van der Waals surface area contributed by atoms with E-state index in [-0.39, 0.29) is 6.03 Å². The van der Waals surface area contributed by atoms with Gasteiger partial charge < -0.3 is 30.1 Å². The van der Waals surface area contributed by atoms with Crippen LogP contribution in [0.15, 0.2) is 76.6 Å². The standard InChI is InChI=1S/C25H30BrN3O4/c26-20-10-8-18(9-11-20)14-27-25(31)28-21(15-29-12-4-5-13-29)24(30)23-17-32-16-22(33-23)19-6-2-1-3-7-19/h1-2,6,8-11,16-17,21,24,30H,3-5,7,12-15H2,(H2,27,28,31)/t21-,24-/m1/s1. The summed E-state index contributed by atoms with van der Waals surface area (Å²) in [6.07, 6.45) is 12.0. The number of allylic oxidation sites excluding steroid dienone is 4. The van der Waals surface area contributed by atoms with Gasteiger partial charge in [0.1, 0.15) is 18.6 Å². The molecule has 2 heterocycles. The number of halogens is 1. The number of likely N-dealkylation sites (tertiary alicyclic amines) is 1. The summed E-state index contributed by atoms with van der Waals surface area (Å²) in [7, 11) is 0. The SMILES string of the molecule is O=C(NCc1ccc(Br)cc1)N[C@H](CN1CCCC1)[C@@H](O)C1=COC=C(C2=CC=CCC2)O1. The summed E-state index contributed by atoms with van der Waals surface area (Å²) in [5.41, 5.74) is 2.01. The molecule has 2 atom stereocenters. The van der Waals surface area contributed by atoms with Gasteiger partial charge in [0.05, 0.1) is 6.04 Å². The lowest BCUT2D eigenvalue weighted by Gasteiger charge is -2.30. The fourth-order valence-electron chi connectivity index (χ4n) is 4.09. The first-order chi connectivity index (χ1) is 16.1. The van der Waals surface area contributed by atoms with Crippen molar-refractivity contribution >= 4 is 22.0 Å². The normalized spacial score (nSPS) is 20.0. The third-order valence-electron chi connectivity index (χ3n) is 5.93. The molecule has 33 heavy (non-hydrogen) atoms. The molecule has 1 aromatic rings. The third kappa shape index (κ3) is 6.72. The van der Waals surface area contributed by atoms with Gasteiger partial charge in [0.25, 0.3) is 0 Å². The molecule has 7 nitrogen and oxygen atoms in total. The zero-order chi connectivity index (χ0) is 23.0. The van der Waals surface area contributed by atoms with Crippen LogP contribution >= 0.6 is 15.9 Å². The number of nitrogens with zero attached hydrogens (tertiary/aromatic N) is 1. The highest BCUT2D eigenvalue weighted by molar-refractivity contribution is 9.10. The summed E-state index contributed by atoms with van der Waals surface area (Å²) in [5.74, 6) is 0.885. The minimum Gasteiger partial charge on any atom is -0.465 e. The smallest absolute Gasteiger partial charge is 0.315 e. The Kier molecular flexibility index (Phi) is 8.25. The van der Waals surface area contributed by atoms with E-state index in [9.17, 15) is 9.90 Å². The summed E-state index contributed by atoms with van der Waals surface area (Å²) < 4.78 is 12.5. The first-order valence-electron chi connectivity index (χ1n) is 11.4. The van der Waals surface area contributed by atoms with Crippen LogP contribution in [0.5, 0.6) is 0 Å². The molecule has 0 radical (unpaired) electrons. The third-order valence-corrected chi connectivity index (χ3v) is 6.46. The van der Waals surface area contributed by atoms with Crippen LogP contribution < -0.4 is 10.6 Å². The molecule has 176 valence electrons. The van der Waals surface area contributed by atoms with E-state index in [0.29, 0.717) is 24.6 Å². The van der Waals surface area contributed by atoms with Crippen LogP contribution in [0.4, 0.5) is 4.79 Å². The number of benzene rings is 1. The molecule has 3 N–H and O–H groups in total. The van der Waals surface area contributed by atoms with E-state index in [1.165, 1.54) is 6.26 Å². The minimum absolute atomic E-state index is 0.292. The molecule has 1 aliphatic carbocycles. The van der Waals surface area contributed by atoms with Gasteiger partial charge in [-0.3, -0.25) is 0 Å². The molecule has 0 saturated carbocycles. The van der Waals surface area contributed by atoms with Crippen molar-refractivity contribution in [2.45, 2.75) is 44.4 Å². The van der Waals surface area contributed by atoms with E-state index in [2.05, 4.69) is 37.5 Å². The summed E-state index contributed by atoms with van der Waals surface area (Å²) in [6.45, 7) is 2.82. The Morgan fingerprint density at radius 1 is 1.18 bits per heavy atom. The number of carbonyl (C=O) groups is 1. The van der Waals surface area contributed by atoms with Gasteiger partial charge in [-0.2, -0.15) is 0 Å². The van der Waals surface area contributed by atoms with Gasteiger partial charge >= 0.3 is 6.03 Å². The first kappa shape index (κ1) is 23.6. The van der Waals surface area contributed by atoms with Gasteiger partial charge in [-0.25, -0.2) is 4.79 Å². The number of amides is 2. The van der Waals surface area contributed by atoms with Crippen LogP contribution in [-0.2, 0) is 16.0 Å². The Labute approximate surface area is 202 Å². The Morgan fingerprint density at radius 3 is 2.70 bits per heavy atom. The summed E-state index contributed by atoms with van der Waals surface area (Å²) in [5, 5.41) is 17.0. The molecule has 2 amide bonds. The lowest BCUT2D eigenvalue weighted by molar-refractivity contribution is 0.0743. The van der Waals surface area contributed by atoms with Gasteiger partial charge in [-0.05, 0) is 62.0 Å². The number of hydrogen-bond donors (Lipinski definition) is 3. The zero-order valence-corrected chi connectivity index (χ0v) is 20.1. The molecule has 0 aromatic heterocycles. The van der Waals surface area contributed by atoms with E-state index < -0.39 is 12.1 Å². The van der Waals surface area contributed by atoms with Crippen LogP contribution in [-0.4, -0.2) is 47.8 Å². The molecule has 4 rings (SSSR count). The summed E-state index contributed by atoms with van der Waals surface area (Å²) >= 11 is 3.41. The second kappa shape index (κ2) is 11.5. The van der Waals surface area contributed by atoms with E-state index >= 15 is 0 Å². The highest BCUT2D eigenvalue weighted by Gasteiger charge is 2.31. The van der Waals surface area contributed by atoms with Gasteiger partial charge in [0.15, 0.2) is 11.5 Å². The van der Waals surface area contributed by atoms with E-state index in [1.807, 2.05) is 36.4 Å². The van der Waals surface area contributed by atoms with Crippen LogP contribution in [0.25, 0.3) is 0 Å². The molecule has 1 aromatic carbocycles. The van der Waals surface area contributed by atoms with Crippen molar-refractivity contribution in [2.24, 2.45) is 0 Å². The quantitative estimate of drug-likeness (QED) is 0.485. The number of aliphatic hydroxyl groups excluding tert-OH is 1. The number of aliphatic hydroxyl groups is 1. The van der Waals surface area contributed by atoms with Gasteiger partial charge in [0.2, 0.25) is 0 Å². The molecule has 1 saturated heterocycles. The molecule has 1 fully saturated rings. The van der Waals surface area contributed by atoms with Gasteiger partial charge in [0, 0.05) is 17.6 Å². The topological polar surface area (TPSA) is 83.1 Å². The maximum absolute atomic E-state index is 12.7. The van der Waals surface area contributed by atoms with E-state index in [1.54, 1.807) is 6.26 Å². The van der Waals surface area contributed by atoms with Crippen LogP contribution in [0.1, 0.15) is 31.2 Å². The Balaban J connectivity index is 1.39. The van der Waals surface area contributed by atoms with E-state index in [4.69, 9.17) is 9.47 Å². The average molecular weight is 516 g/mol. The predicted octanol–water partition coefficient (Wildman–Crippen LogP) is 4.08. The second-order valence-corrected chi connectivity index (χ2v) is 9.33. The number of ether oxygens (including phenoxy) is 2. The lowest BCUT2D eigenvalue weighted by Crippen LogP contribution is -2.53. The highest BCUT2D eigenvalue weighted by Crippen LogP contribution is 2.28. The molecule has 3 aliphatic rings. The van der Waals surface area contributed by atoms with Crippen molar-refractivity contribution in [1.82, 2.24) is 15.5 Å². The maximum atomic E-state index is 12.7. The number of urea groups is 1. The fourth-order valence-corrected chi connectivity index (χ4v) is 4.35. The Morgan fingerprint density at radius 2 is 1.97 bits per heavy atom. The van der Waals surface area contributed by atoms with Crippen LogP contribution in [0.3, 0.4) is 0 Å². The largest absolute Gasteiger partial charge is 0.465 e. The summed E-state index contributed by atoms with van der Waals surface area (Å²) in [4.78, 5) is 14.9. The molecule has 0 spiro atoms. The second-order valence-electron chi connectivity index (χ2n) is 8.41. The molecular weight excluding hydrogens is 486 g/mol. The van der Waals surface area contributed by atoms with Gasteiger partial charge in [-0.15, -0.1) is 0 Å². The van der Waals surface area contributed by atoms with Crippen molar-refractivity contribution < 1.29 is 19.4 Å².